The minimum Gasteiger partial charge on any atom is -0.346 e. The van der Waals surface area contributed by atoms with Crippen molar-refractivity contribution in [1.29, 1.82) is 0 Å². The number of hydrogen-bond donors (Lipinski definition) is 1. The summed E-state index contributed by atoms with van der Waals surface area (Å²) >= 11 is 1.60. The molecule has 0 radical (unpaired) electrons. The summed E-state index contributed by atoms with van der Waals surface area (Å²) < 4.78 is 1.10. The van der Waals surface area contributed by atoms with Crippen molar-refractivity contribution in [3.8, 4) is 21.8 Å². The van der Waals surface area contributed by atoms with Crippen molar-refractivity contribution in [1.82, 2.24) is 19.9 Å². The van der Waals surface area contributed by atoms with Crippen molar-refractivity contribution in [2.75, 3.05) is 0 Å². The lowest BCUT2D eigenvalue weighted by atomic mass is 10.0. The number of thiazole rings is 1. The predicted molar refractivity (Wildman–Crippen MR) is 122 cm³/mol. The average Bonchev–Trinajstić information content (AvgIpc) is 3.22. The van der Waals surface area contributed by atoms with Crippen LogP contribution in [0.4, 0.5) is 0 Å². The van der Waals surface area contributed by atoms with Gasteiger partial charge >= 0.3 is 0 Å². The summed E-state index contributed by atoms with van der Waals surface area (Å²) in [5.74, 6) is 0. The Labute approximate surface area is 174 Å². The van der Waals surface area contributed by atoms with Crippen molar-refractivity contribution >= 4 is 43.5 Å². The Balaban J connectivity index is 1.68. The first-order chi connectivity index (χ1) is 14.8. The first-order valence-corrected chi connectivity index (χ1v) is 10.3. The van der Waals surface area contributed by atoms with Gasteiger partial charge in [-0.05, 0) is 42.0 Å². The fourth-order valence-corrected chi connectivity index (χ4v) is 4.67. The van der Waals surface area contributed by atoms with Crippen LogP contribution in [0.15, 0.2) is 83.9 Å². The first kappa shape index (κ1) is 17.0. The number of aromatic amines is 1. The third-order valence-corrected chi connectivity index (χ3v) is 6.20. The molecule has 6 aromatic rings. The fourth-order valence-electron chi connectivity index (χ4n) is 3.70. The van der Waals surface area contributed by atoms with Gasteiger partial charge in [0.05, 0.1) is 21.1 Å². The molecule has 142 valence electrons. The van der Waals surface area contributed by atoms with Crippen molar-refractivity contribution in [3.63, 3.8) is 0 Å². The lowest BCUT2D eigenvalue weighted by molar-refractivity contribution is 1.27. The highest BCUT2D eigenvalue weighted by Crippen LogP contribution is 2.37. The average molecular weight is 406 g/mol. The molecular weight excluding hydrogens is 392 g/mol. The van der Waals surface area contributed by atoms with Gasteiger partial charge in [0.15, 0.2) is 5.43 Å². The van der Waals surface area contributed by atoms with Crippen LogP contribution in [-0.4, -0.2) is 19.9 Å². The van der Waals surface area contributed by atoms with Gasteiger partial charge in [-0.15, -0.1) is 11.3 Å². The number of nitrogens with zero attached hydrogens (tertiary/aromatic N) is 3. The first-order valence-electron chi connectivity index (χ1n) is 9.50. The van der Waals surface area contributed by atoms with E-state index < -0.39 is 0 Å². The number of para-hydroxylation sites is 1. The zero-order chi connectivity index (χ0) is 20.1. The number of benzene rings is 2. The quantitative estimate of drug-likeness (QED) is 0.417. The molecule has 0 spiro atoms. The van der Waals surface area contributed by atoms with Gasteiger partial charge in [0.2, 0.25) is 0 Å². The molecule has 0 aliphatic rings. The molecule has 4 heterocycles. The lowest BCUT2D eigenvalue weighted by Gasteiger charge is -2.10. The highest BCUT2D eigenvalue weighted by Gasteiger charge is 2.17. The van der Waals surface area contributed by atoms with Gasteiger partial charge in [-0.2, -0.15) is 0 Å². The highest BCUT2D eigenvalue weighted by atomic mass is 32.1. The summed E-state index contributed by atoms with van der Waals surface area (Å²) in [6.45, 7) is 0. The molecule has 30 heavy (non-hydrogen) atoms. The van der Waals surface area contributed by atoms with E-state index in [0.717, 1.165) is 42.9 Å². The van der Waals surface area contributed by atoms with E-state index in [-0.39, 0.29) is 5.43 Å². The number of aromatic nitrogens is 4. The van der Waals surface area contributed by atoms with Crippen molar-refractivity contribution in [2.45, 2.75) is 0 Å². The van der Waals surface area contributed by atoms with Crippen LogP contribution in [0.2, 0.25) is 0 Å². The molecule has 0 amide bonds. The molecule has 0 bridgehead atoms. The van der Waals surface area contributed by atoms with Gasteiger partial charge in [-0.25, -0.2) is 9.97 Å². The van der Waals surface area contributed by atoms with Crippen LogP contribution in [0.1, 0.15) is 0 Å². The molecule has 0 saturated carbocycles. The Bertz CT molecular complexity index is 1600. The monoisotopic (exact) mass is 406 g/mol. The van der Waals surface area contributed by atoms with Gasteiger partial charge in [0, 0.05) is 29.4 Å². The molecule has 6 rings (SSSR count). The van der Waals surface area contributed by atoms with Gasteiger partial charge in [0.1, 0.15) is 16.3 Å². The number of nitrogens with one attached hydrogen (secondary N) is 1. The summed E-state index contributed by atoms with van der Waals surface area (Å²) in [6.07, 6.45) is 3.41. The summed E-state index contributed by atoms with van der Waals surface area (Å²) in [5, 5.41) is 2.42. The van der Waals surface area contributed by atoms with Crippen LogP contribution in [0.25, 0.3) is 54.0 Å². The van der Waals surface area contributed by atoms with E-state index in [1.54, 1.807) is 23.7 Å². The van der Waals surface area contributed by atoms with E-state index in [1.165, 1.54) is 6.07 Å². The zero-order valence-electron chi connectivity index (χ0n) is 15.7. The summed E-state index contributed by atoms with van der Waals surface area (Å²) in [4.78, 5) is 29.6. The molecule has 6 heteroatoms. The van der Waals surface area contributed by atoms with Crippen molar-refractivity contribution in [2.24, 2.45) is 0 Å². The summed E-state index contributed by atoms with van der Waals surface area (Å²) in [6, 6.07) is 21.5. The Hall–Kier alpha value is -3.90. The minimum absolute atomic E-state index is 0.0594. The number of hydrogen-bond acceptors (Lipinski definition) is 5. The van der Waals surface area contributed by atoms with Crippen LogP contribution < -0.4 is 5.43 Å². The van der Waals surface area contributed by atoms with Gasteiger partial charge in [-0.3, -0.25) is 9.78 Å². The largest absolute Gasteiger partial charge is 0.346 e. The van der Waals surface area contributed by atoms with Gasteiger partial charge < -0.3 is 4.98 Å². The number of H-pyrrole nitrogens is 1. The van der Waals surface area contributed by atoms with E-state index in [1.807, 2.05) is 48.5 Å². The second kappa shape index (κ2) is 6.57. The van der Waals surface area contributed by atoms with Crippen LogP contribution in [0, 0.1) is 0 Å². The SMILES string of the molecule is O=c1cc[nH]c2nc(-c3nc4ccccc4s3)c(-c3ccc4ncccc4c3)cc12. The number of rotatable bonds is 2. The maximum Gasteiger partial charge on any atom is 0.191 e. The molecule has 1 N–H and O–H groups in total. The molecule has 0 fully saturated rings. The van der Waals surface area contributed by atoms with Gasteiger partial charge in [-0.1, -0.05) is 24.3 Å². The zero-order valence-corrected chi connectivity index (χ0v) is 16.5. The Kier molecular flexibility index (Phi) is 3.72. The van der Waals surface area contributed by atoms with E-state index in [9.17, 15) is 4.79 Å². The van der Waals surface area contributed by atoms with Crippen molar-refractivity contribution in [3.05, 3.63) is 89.3 Å². The normalized spacial score (nSPS) is 11.5. The second-order valence-electron chi connectivity index (χ2n) is 7.02. The van der Waals surface area contributed by atoms with E-state index in [0.29, 0.717) is 11.0 Å². The molecule has 0 aliphatic carbocycles. The molecule has 0 atom stereocenters. The molecular formula is C24H14N4OS. The third kappa shape index (κ3) is 2.69. The number of fused-ring (bicyclic) bond motifs is 3. The second-order valence-corrected chi connectivity index (χ2v) is 8.05. The molecule has 0 saturated heterocycles. The predicted octanol–water partition coefficient (Wildman–Crippen LogP) is 5.42. The van der Waals surface area contributed by atoms with Crippen LogP contribution in [-0.2, 0) is 0 Å². The third-order valence-electron chi connectivity index (χ3n) is 5.15. The Morgan fingerprint density at radius 3 is 2.73 bits per heavy atom. The molecule has 4 aromatic heterocycles. The maximum atomic E-state index is 12.5. The standard InChI is InChI=1S/C24H14N4OS/c29-20-9-11-26-23-17(20)13-16(14-7-8-18-15(12-14)4-3-10-25-18)22(28-23)24-27-19-5-1-2-6-21(19)30-24/h1-13H,(H,26,28,29). The van der Waals surface area contributed by atoms with E-state index in [4.69, 9.17) is 9.97 Å². The summed E-state index contributed by atoms with van der Waals surface area (Å²) in [7, 11) is 0. The van der Waals surface area contributed by atoms with Crippen LogP contribution in [0.5, 0.6) is 0 Å². The Morgan fingerprint density at radius 2 is 1.80 bits per heavy atom. The lowest BCUT2D eigenvalue weighted by Crippen LogP contribution is -2.03. The van der Waals surface area contributed by atoms with E-state index >= 15 is 0 Å². The maximum absolute atomic E-state index is 12.5. The molecule has 5 nitrogen and oxygen atoms in total. The van der Waals surface area contributed by atoms with Crippen molar-refractivity contribution < 1.29 is 0 Å². The molecule has 0 aliphatic heterocycles. The Morgan fingerprint density at radius 1 is 0.867 bits per heavy atom. The minimum atomic E-state index is -0.0594. The smallest absolute Gasteiger partial charge is 0.191 e. The van der Waals surface area contributed by atoms with Crippen LogP contribution >= 0.6 is 11.3 Å². The fraction of sp³-hybridized carbons (Fsp3) is 0. The summed E-state index contributed by atoms with van der Waals surface area (Å²) in [5.41, 5.74) is 4.97. The molecule has 0 unspecified atom stereocenters. The highest BCUT2D eigenvalue weighted by molar-refractivity contribution is 7.21. The topological polar surface area (TPSA) is 71.5 Å². The van der Waals surface area contributed by atoms with Crippen LogP contribution in [0.3, 0.4) is 0 Å². The van der Waals surface area contributed by atoms with E-state index in [2.05, 4.69) is 22.1 Å². The van der Waals surface area contributed by atoms with Gasteiger partial charge in [0.25, 0.3) is 0 Å². The number of pyridine rings is 3. The molecule has 2 aromatic carbocycles.